The van der Waals surface area contributed by atoms with E-state index in [-0.39, 0.29) is 6.42 Å². The van der Waals surface area contributed by atoms with Gasteiger partial charge in [0.15, 0.2) is 0 Å². The molecule has 0 radical (unpaired) electrons. The van der Waals surface area contributed by atoms with E-state index in [9.17, 15) is 9.90 Å². The van der Waals surface area contributed by atoms with Gasteiger partial charge < -0.3 is 14.9 Å². The molecule has 1 atom stereocenters. The second-order valence-electron chi connectivity index (χ2n) is 5.70. The normalized spacial score (nSPS) is 13.1. The van der Waals surface area contributed by atoms with Crippen molar-refractivity contribution in [3.05, 3.63) is 29.3 Å². The predicted octanol–water partition coefficient (Wildman–Crippen LogP) is 2.93. The van der Waals surface area contributed by atoms with Gasteiger partial charge in [0.05, 0.1) is 19.6 Å². The van der Waals surface area contributed by atoms with Gasteiger partial charge in [0, 0.05) is 5.56 Å². The van der Waals surface area contributed by atoms with Crippen molar-refractivity contribution in [2.45, 2.75) is 39.7 Å². The third-order valence-electron chi connectivity index (χ3n) is 3.12. The van der Waals surface area contributed by atoms with Crippen molar-refractivity contribution in [3.8, 4) is 5.75 Å². The van der Waals surface area contributed by atoms with Crippen LogP contribution in [0.15, 0.2) is 18.2 Å². The molecule has 2 N–H and O–H groups in total. The lowest BCUT2D eigenvalue weighted by Gasteiger charge is -2.26. The topological polar surface area (TPSA) is 66.8 Å². The Hall–Kier alpha value is -1.55. The van der Waals surface area contributed by atoms with Crippen LogP contribution in [0.4, 0.5) is 0 Å². The molecule has 0 spiro atoms. The lowest BCUT2D eigenvalue weighted by atomic mass is 9.81. The largest absolute Gasteiger partial charge is 0.496 e. The van der Waals surface area contributed by atoms with Crippen molar-refractivity contribution in [1.82, 2.24) is 0 Å². The van der Waals surface area contributed by atoms with Crippen molar-refractivity contribution in [2.24, 2.45) is 5.41 Å². The fourth-order valence-corrected chi connectivity index (χ4v) is 2.23. The number of aliphatic carboxylic acids is 1. The van der Waals surface area contributed by atoms with Gasteiger partial charge in [0.25, 0.3) is 0 Å². The van der Waals surface area contributed by atoms with Crippen molar-refractivity contribution in [2.75, 3.05) is 7.11 Å². The highest BCUT2D eigenvalue weighted by Gasteiger charge is 2.27. The molecule has 4 heteroatoms. The number of methoxy groups -OCH3 is 1. The van der Waals surface area contributed by atoms with E-state index in [0.29, 0.717) is 17.7 Å². The van der Waals surface area contributed by atoms with Crippen molar-refractivity contribution in [3.63, 3.8) is 0 Å². The Labute approximate surface area is 114 Å². The Kier molecular flexibility index (Phi) is 4.95. The Morgan fingerprint density at radius 2 is 2.05 bits per heavy atom. The molecule has 0 aliphatic rings. The molecule has 1 aromatic rings. The minimum atomic E-state index is -0.853. The van der Waals surface area contributed by atoms with Gasteiger partial charge >= 0.3 is 5.97 Å². The van der Waals surface area contributed by atoms with Crippen molar-refractivity contribution in [1.29, 1.82) is 0 Å². The van der Waals surface area contributed by atoms with E-state index in [1.54, 1.807) is 7.11 Å². The molecule has 0 amide bonds. The summed E-state index contributed by atoms with van der Waals surface area (Å²) in [5.41, 5.74) is 1.27. The maximum absolute atomic E-state index is 10.8. The van der Waals surface area contributed by atoms with Gasteiger partial charge in [-0.1, -0.05) is 25.5 Å². The summed E-state index contributed by atoms with van der Waals surface area (Å²) in [5, 5.41) is 19.2. The van der Waals surface area contributed by atoms with Gasteiger partial charge in [0.1, 0.15) is 5.75 Å². The molecular weight excluding hydrogens is 244 g/mol. The summed E-state index contributed by atoms with van der Waals surface area (Å²) < 4.78 is 5.24. The summed E-state index contributed by atoms with van der Waals surface area (Å²) in [6.45, 7) is 5.62. The average molecular weight is 266 g/mol. The van der Waals surface area contributed by atoms with E-state index in [2.05, 4.69) is 0 Å². The first-order chi connectivity index (χ1) is 8.75. The molecule has 0 bridgehead atoms. The minimum absolute atomic E-state index is 0.0260. The molecular formula is C15H22O4. The summed E-state index contributed by atoms with van der Waals surface area (Å²) in [6, 6.07) is 5.61. The molecule has 0 saturated carbocycles. The first kappa shape index (κ1) is 15.5. The Morgan fingerprint density at radius 3 is 2.58 bits per heavy atom. The van der Waals surface area contributed by atoms with Gasteiger partial charge in [-0.25, -0.2) is 0 Å². The number of carboxylic acids is 1. The van der Waals surface area contributed by atoms with Crippen LogP contribution in [-0.2, 0) is 4.79 Å². The van der Waals surface area contributed by atoms with Crippen LogP contribution in [0.25, 0.3) is 0 Å². The van der Waals surface area contributed by atoms with E-state index in [1.165, 1.54) is 0 Å². The summed E-state index contributed by atoms with van der Waals surface area (Å²) in [5.74, 6) is -0.224. The first-order valence-electron chi connectivity index (χ1n) is 6.29. The molecule has 4 nitrogen and oxygen atoms in total. The van der Waals surface area contributed by atoms with Crippen LogP contribution in [0.3, 0.4) is 0 Å². The number of carboxylic acid groups (broad SMARTS) is 1. The summed E-state index contributed by atoms with van der Waals surface area (Å²) in [7, 11) is 1.56. The van der Waals surface area contributed by atoms with E-state index in [1.807, 2.05) is 39.0 Å². The third kappa shape index (κ3) is 4.56. The number of aryl methyl sites for hydroxylation is 1. The summed E-state index contributed by atoms with van der Waals surface area (Å²) in [4.78, 5) is 10.8. The molecule has 19 heavy (non-hydrogen) atoms. The molecule has 0 aliphatic heterocycles. The highest BCUT2D eigenvalue weighted by molar-refractivity contribution is 5.67. The molecule has 0 aromatic heterocycles. The zero-order valence-electron chi connectivity index (χ0n) is 11.9. The Bertz CT molecular complexity index is 451. The zero-order chi connectivity index (χ0) is 14.6. The number of hydrogen-bond acceptors (Lipinski definition) is 3. The molecule has 0 fully saturated rings. The van der Waals surface area contributed by atoms with Gasteiger partial charge in [-0.2, -0.15) is 0 Å². The van der Waals surface area contributed by atoms with E-state index >= 15 is 0 Å². The van der Waals surface area contributed by atoms with Gasteiger partial charge in [-0.05, 0) is 30.9 Å². The lowest BCUT2D eigenvalue weighted by Crippen LogP contribution is -2.20. The minimum Gasteiger partial charge on any atom is -0.496 e. The lowest BCUT2D eigenvalue weighted by molar-refractivity contribution is -0.139. The zero-order valence-corrected chi connectivity index (χ0v) is 11.9. The summed E-state index contributed by atoms with van der Waals surface area (Å²) >= 11 is 0. The Balaban J connectivity index is 2.91. The molecule has 1 unspecified atom stereocenters. The third-order valence-corrected chi connectivity index (χ3v) is 3.12. The molecule has 0 saturated heterocycles. The molecule has 0 heterocycles. The smallest absolute Gasteiger partial charge is 0.303 e. The predicted molar refractivity (Wildman–Crippen MR) is 73.3 cm³/mol. The number of aliphatic hydroxyl groups excluding tert-OH is 1. The average Bonchev–Trinajstić information content (AvgIpc) is 2.26. The number of rotatable bonds is 6. The van der Waals surface area contributed by atoms with Crippen molar-refractivity contribution >= 4 is 5.97 Å². The highest BCUT2D eigenvalue weighted by atomic mass is 16.5. The van der Waals surface area contributed by atoms with E-state index in [0.717, 1.165) is 5.56 Å². The van der Waals surface area contributed by atoms with E-state index < -0.39 is 17.5 Å². The van der Waals surface area contributed by atoms with Crippen LogP contribution in [0.1, 0.15) is 43.9 Å². The van der Waals surface area contributed by atoms with Gasteiger partial charge in [-0.15, -0.1) is 0 Å². The second kappa shape index (κ2) is 6.06. The van der Waals surface area contributed by atoms with Gasteiger partial charge in [-0.3, -0.25) is 4.79 Å². The van der Waals surface area contributed by atoms with Crippen LogP contribution in [0.5, 0.6) is 5.75 Å². The number of hydrogen-bond donors (Lipinski definition) is 2. The standard InChI is InChI=1S/C15H22O4/c1-10-5-6-13(19-4)11(7-10)12(16)8-15(2,3)9-14(17)18/h5-7,12,16H,8-9H2,1-4H3,(H,17,18). The van der Waals surface area contributed by atoms with Gasteiger partial charge in [0.2, 0.25) is 0 Å². The van der Waals surface area contributed by atoms with Crippen LogP contribution < -0.4 is 4.74 Å². The number of ether oxygens (including phenoxy) is 1. The number of carbonyl (C=O) groups is 1. The fourth-order valence-electron chi connectivity index (χ4n) is 2.23. The van der Waals surface area contributed by atoms with Crippen LogP contribution in [0, 0.1) is 12.3 Å². The van der Waals surface area contributed by atoms with Crippen LogP contribution in [0.2, 0.25) is 0 Å². The number of aliphatic hydroxyl groups is 1. The van der Waals surface area contributed by atoms with Crippen LogP contribution >= 0.6 is 0 Å². The Morgan fingerprint density at radius 1 is 1.42 bits per heavy atom. The highest BCUT2D eigenvalue weighted by Crippen LogP contribution is 2.36. The molecule has 1 aromatic carbocycles. The van der Waals surface area contributed by atoms with Crippen molar-refractivity contribution < 1.29 is 19.7 Å². The maximum atomic E-state index is 10.8. The SMILES string of the molecule is COc1ccc(C)cc1C(O)CC(C)(C)CC(=O)O. The van der Waals surface area contributed by atoms with Crippen LogP contribution in [-0.4, -0.2) is 23.3 Å². The second-order valence-corrected chi connectivity index (χ2v) is 5.70. The maximum Gasteiger partial charge on any atom is 0.303 e. The summed E-state index contributed by atoms with van der Waals surface area (Å²) in [6.07, 6.45) is -0.332. The molecule has 1 rings (SSSR count). The quantitative estimate of drug-likeness (QED) is 0.830. The monoisotopic (exact) mass is 266 g/mol. The first-order valence-corrected chi connectivity index (χ1v) is 6.29. The molecule has 106 valence electrons. The number of benzene rings is 1. The molecule has 0 aliphatic carbocycles. The fraction of sp³-hybridized carbons (Fsp3) is 0.533. The van der Waals surface area contributed by atoms with E-state index in [4.69, 9.17) is 9.84 Å².